The predicted octanol–water partition coefficient (Wildman–Crippen LogP) is 2.84. The van der Waals surface area contributed by atoms with E-state index in [2.05, 4.69) is 4.98 Å². The lowest BCUT2D eigenvalue weighted by Crippen LogP contribution is -1.79. The van der Waals surface area contributed by atoms with Crippen molar-refractivity contribution in [2.45, 2.75) is 0 Å². The molecular weight excluding hydrogens is 202 g/mol. The third-order valence-corrected chi connectivity index (χ3v) is 2.75. The first kappa shape index (κ1) is 8.97. The van der Waals surface area contributed by atoms with E-state index in [4.69, 9.17) is 0 Å². The van der Waals surface area contributed by atoms with Gasteiger partial charge in [0, 0.05) is 21.9 Å². The summed E-state index contributed by atoms with van der Waals surface area (Å²) in [4.78, 5) is 13.9. The first-order chi connectivity index (χ1) is 7.79. The van der Waals surface area contributed by atoms with E-state index < -0.39 is 0 Å². The number of aromatic nitrogens is 1. The zero-order valence-corrected chi connectivity index (χ0v) is 8.40. The Balaban J connectivity index is 2.55. The molecule has 3 aromatic rings. The van der Waals surface area contributed by atoms with Crippen molar-refractivity contribution >= 4 is 28.1 Å². The van der Waals surface area contributed by atoms with Crippen LogP contribution in [0.3, 0.4) is 0 Å². The average Bonchev–Trinajstić information content (AvgIpc) is 2.68. The molecule has 0 aliphatic heterocycles. The number of nitrogens with one attached hydrogen (secondary N) is 1. The van der Waals surface area contributed by atoms with Crippen LogP contribution in [0.4, 0.5) is 0 Å². The number of phenols is 1. The molecule has 16 heavy (non-hydrogen) atoms. The number of aromatic hydroxyl groups is 1. The normalized spacial score (nSPS) is 11.0. The minimum Gasteiger partial charge on any atom is -0.506 e. The van der Waals surface area contributed by atoms with Crippen molar-refractivity contribution in [3.8, 4) is 5.75 Å². The van der Waals surface area contributed by atoms with Gasteiger partial charge in [0.15, 0.2) is 0 Å². The lowest BCUT2D eigenvalue weighted by Gasteiger charge is -1.96. The molecule has 0 spiro atoms. The highest BCUT2D eigenvalue weighted by atomic mass is 16.3. The van der Waals surface area contributed by atoms with E-state index >= 15 is 0 Å². The highest BCUT2D eigenvalue weighted by molar-refractivity contribution is 6.10. The fourth-order valence-corrected chi connectivity index (χ4v) is 2.02. The topological polar surface area (TPSA) is 53.1 Å². The molecule has 1 heterocycles. The number of aldehydes is 1. The highest BCUT2D eigenvalue weighted by Gasteiger charge is 2.08. The van der Waals surface area contributed by atoms with Gasteiger partial charge in [-0.2, -0.15) is 0 Å². The minimum atomic E-state index is 0.107. The fourth-order valence-electron chi connectivity index (χ4n) is 2.02. The molecule has 0 atom stereocenters. The Labute approximate surface area is 91.3 Å². The standard InChI is InChI=1S/C13H9NO2/c15-7-8-5-10-9-3-1-2-4-11(9)14-13(10)12(16)6-8/h1-7,14,16H. The third-order valence-electron chi connectivity index (χ3n) is 2.75. The van der Waals surface area contributed by atoms with Gasteiger partial charge in [0.05, 0.1) is 5.52 Å². The number of rotatable bonds is 1. The second kappa shape index (κ2) is 3.10. The fraction of sp³-hybridized carbons (Fsp3) is 0. The van der Waals surface area contributed by atoms with Crippen molar-refractivity contribution in [3.05, 3.63) is 42.0 Å². The van der Waals surface area contributed by atoms with E-state index in [0.717, 1.165) is 22.6 Å². The lowest BCUT2D eigenvalue weighted by molar-refractivity contribution is 0.112. The number of hydrogen-bond acceptors (Lipinski definition) is 2. The summed E-state index contributed by atoms with van der Waals surface area (Å²) in [6.07, 6.45) is 0.737. The van der Waals surface area contributed by atoms with Crippen LogP contribution in [0.5, 0.6) is 5.75 Å². The number of aromatic amines is 1. The summed E-state index contributed by atoms with van der Waals surface area (Å²) in [5.74, 6) is 0.107. The Morgan fingerprint density at radius 3 is 2.75 bits per heavy atom. The maximum atomic E-state index is 10.7. The van der Waals surface area contributed by atoms with Crippen LogP contribution in [0.2, 0.25) is 0 Å². The number of H-pyrrole nitrogens is 1. The van der Waals surface area contributed by atoms with Crippen LogP contribution in [-0.4, -0.2) is 16.4 Å². The van der Waals surface area contributed by atoms with Gasteiger partial charge in [-0.05, 0) is 18.2 Å². The van der Waals surface area contributed by atoms with Crippen LogP contribution < -0.4 is 0 Å². The highest BCUT2D eigenvalue weighted by Crippen LogP contribution is 2.31. The molecule has 0 saturated heterocycles. The molecule has 0 radical (unpaired) electrons. The second-order valence-electron chi connectivity index (χ2n) is 3.75. The van der Waals surface area contributed by atoms with E-state index in [9.17, 15) is 9.90 Å². The molecule has 78 valence electrons. The number of carbonyl (C=O) groups excluding carboxylic acids is 1. The zero-order chi connectivity index (χ0) is 11.1. The summed E-state index contributed by atoms with van der Waals surface area (Å²) in [6, 6.07) is 11.0. The largest absolute Gasteiger partial charge is 0.506 e. The molecule has 0 bridgehead atoms. The molecule has 0 amide bonds. The Kier molecular flexibility index (Phi) is 1.74. The number of carbonyl (C=O) groups is 1. The molecule has 3 nitrogen and oxygen atoms in total. The van der Waals surface area contributed by atoms with Crippen LogP contribution in [0.25, 0.3) is 21.8 Å². The molecule has 3 rings (SSSR count). The van der Waals surface area contributed by atoms with Crippen LogP contribution >= 0.6 is 0 Å². The molecular formula is C13H9NO2. The summed E-state index contributed by atoms with van der Waals surface area (Å²) in [5.41, 5.74) is 2.11. The monoisotopic (exact) mass is 211 g/mol. The maximum absolute atomic E-state index is 10.7. The summed E-state index contributed by atoms with van der Waals surface area (Å²) in [7, 11) is 0. The van der Waals surface area contributed by atoms with E-state index in [1.165, 1.54) is 6.07 Å². The van der Waals surface area contributed by atoms with Crippen LogP contribution in [0.1, 0.15) is 10.4 Å². The summed E-state index contributed by atoms with van der Waals surface area (Å²) in [6.45, 7) is 0. The van der Waals surface area contributed by atoms with Gasteiger partial charge in [0.1, 0.15) is 12.0 Å². The minimum absolute atomic E-state index is 0.107. The Bertz CT molecular complexity index is 698. The second-order valence-corrected chi connectivity index (χ2v) is 3.75. The molecule has 0 aliphatic rings. The Morgan fingerprint density at radius 2 is 1.94 bits per heavy atom. The lowest BCUT2D eigenvalue weighted by atomic mass is 10.1. The van der Waals surface area contributed by atoms with Gasteiger partial charge >= 0.3 is 0 Å². The van der Waals surface area contributed by atoms with Gasteiger partial charge in [-0.15, -0.1) is 0 Å². The Morgan fingerprint density at radius 1 is 1.12 bits per heavy atom. The number of hydrogen-bond donors (Lipinski definition) is 2. The molecule has 1 aromatic heterocycles. The number of para-hydroxylation sites is 1. The molecule has 0 unspecified atom stereocenters. The first-order valence-corrected chi connectivity index (χ1v) is 4.98. The van der Waals surface area contributed by atoms with Gasteiger partial charge in [-0.1, -0.05) is 18.2 Å². The van der Waals surface area contributed by atoms with Crippen LogP contribution in [0.15, 0.2) is 36.4 Å². The van der Waals surface area contributed by atoms with Crippen molar-refractivity contribution < 1.29 is 9.90 Å². The predicted molar refractivity (Wildman–Crippen MR) is 62.9 cm³/mol. The SMILES string of the molecule is O=Cc1cc(O)c2[nH]c3ccccc3c2c1. The van der Waals surface area contributed by atoms with E-state index in [-0.39, 0.29) is 5.75 Å². The van der Waals surface area contributed by atoms with E-state index in [1.54, 1.807) is 6.07 Å². The summed E-state index contributed by atoms with van der Waals surface area (Å²) < 4.78 is 0. The average molecular weight is 211 g/mol. The van der Waals surface area contributed by atoms with Crippen molar-refractivity contribution in [1.82, 2.24) is 4.98 Å². The zero-order valence-electron chi connectivity index (χ0n) is 8.40. The number of phenolic OH excluding ortho intramolecular Hbond substituents is 1. The van der Waals surface area contributed by atoms with Crippen LogP contribution in [-0.2, 0) is 0 Å². The summed E-state index contributed by atoms with van der Waals surface area (Å²) in [5, 5.41) is 11.7. The van der Waals surface area contributed by atoms with Crippen molar-refractivity contribution in [2.24, 2.45) is 0 Å². The van der Waals surface area contributed by atoms with Crippen molar-refractivity contribution in [3.63, 3.8) is 0 Å². The molecule has 0 fully saturated rings. The van der Waals surface area contributed by atoms with Gasteiger partial charge in [0.2, 0.25) is 0 Å². The van der Waals surface area contributed by atoms with Gasteiger partial charge in [-0.3, -0.25) is 4.79 Å². The summed E-state index contributed by atoms with van der Waals surface area (Å²) >= 11 is 0. The molecule has 3 heteroatoms. The van der Waals surface area contributed by atoms with Crippen molar-refractivity contribution in [1.29, 1.82) is 0 Å². The van der Waals surface area contributed by atoms with E-state index in [0.29, 0.717) is 11.1 Å². The van der Waals surface area contributed by atoms with E-state index in [1.807, 2.05) is 24.3 Å². The number of benzene rings is 2. The first-order valence-electron chi connectivity index (χ1n) is 4.98. The number of fused-ring (bicyclic) bond motifs is 3. The van der Waals surface area contributed by atoms with Crippen LogP contribution in [0, 0.1) is 0 Å². The van der Waals surface area contributed by atoms with Gasteiger partial charge < -0.3 is 10.1 Å². The van der Waals surface area contributed by atoms with Gasteiger partial charge in [0.25, 0.3) is 0 Å². The Hall–Kier alpha value is -2.29. The maximum Gasteiger partial charge on any atom is 0.150 e. The molecule has 2 N–H and O–H groups in total. The third kappa shape index (κ3) is 1.11. The van der Waals surface area contributed by atoms with Gasteiger partial charge in [-0.25, -0.2) is 0 Å². The quantitative estimate of drug-likeness (QED) is 0.608. The molecule has 2 aromatic carbocycles. The molecule has 0 saturated carbocycles. The smallest absolute Gasteiger partial charge is 0.150 e. The van der Waals surface area contributed by atoms with Crippen molar-refractivity contribution in [2.75, 3.05) is 0 Å². The molecule has 0 aliphatic carbocycles.